The molecule has 2 fully saturated rings. The van der Waals surface area contributed by atoms with Gasteiger partial charge in [-0.1, -0.05) is 60.7 Å². The molecule has 2 heterocycles. The number of hydrogen-bond donors (Lipinski definition) is 1. The molecule has 2 atom stereocenters. The number of hydroxylamine groups is 2. The van der Waals surface area contributed by atoms with E-state index in [1.54, 1.807) is 24.3 Å². The summed E-state index contributed by atoms with van der Waals surface area (Å²) in [6.07, 6.45) is -0.591. The molecule has 0 aromatic heterocycles. The highest BCUT2D eigenvalue weighted by Crippen LogP contribution is 2.32. The van der Waals surface area contributed by atoms with Crippen LogP contribution in [0, 0.1) is 0 Å². The Balaban J connectivity index is 1.25. The Bertz CT molecular complexity index is 1460. The number of carbonyl (C=O) groups is 4. The van der Waals surface area contributed by atoms with E-state index >= 15 is 0 Å². The average molecular weight is 479 g/mol. The maximum atomic E-state index is 13.2. The van der Waals surface area contributed by atoms with Crippen molar-refractivity contribution in [3.63, 3.8) is 0 Å². The number of benzene rings is 4. The van der Waals surface area contributed by atoms with Gasteiger partial charge in [0.2, 0.25) is 11.8 Å². The first kappa shape index (κ1) is 22.1. The van der Waals surface area contributed by atoms with Crippen molar-refractivity contribution in [1.82, 2.24) is 5.06 Å². The van der Waals surface area contributed by atoms with Gasteiger partial charge in [-0.3, -0.25) is 19.2 Å². The van der Waals surface area contributed by atoms with E-state index in [1.807, 2.05) is 60.7 Å². The standard InChI is InChI=1S/C28H21N3O5/c32-25-15-23(27(34)29(25)21-11-9-17-5-1-3-7-19(17)13-21)31(36)24-16-26(33)30(28(24)35)22-12-10-18-6-2-4-8-20(18)14-22/h1-14,23-24,36H,15-16H2/t23-,24-/m1/s1. The van der Waals surface area contributed by atoms with Gasteiger partial charge in [0.25, 0.3) is 11.8 Å². The van der Waals surface area contributed by atoms with Gasteiger partial charge >= 0.3 is 0 Å². The first-order valence-corrected chi connectivity index (χ1v) is 11.6. The minimum atomic E-state index is -1.26. The molecule has 2 aliphatic rings. The van der Waals surface area contributed by atoms with Gasteiger partial charge in [0, 0.05) is 0 Å². The van der Waals surface area contributed by atoms with E-state index in [9.17, 15) is 24.4 Å². The van der Waals surface area contributed by atoms with E-state index in [2.05, 4.69) is 0 Å². The topological polar surface area (TPSA) is 98.2 Å². The van der Waals surface area contributed by atoms with Crippen molar-refractivity contribution < 1.29 is 24.4 Å². The van der Waals surface area contributed by atoms with E-state index in [0.29, 0.717) is 16.4 Å². The number of anilines is 2. The third kappa shape index (κ3) is 3.46. The molecule has 2 aliphatic heterocycles. The van der Waals surface area contributed by atoms with Crippen LogP contribution in [0.15, 0.2) is 84.9 Å². The maximum Gasteiger partial charge on any atom is 0.254 e. The van der Waals surface area contributed by atoms with Crippen LogP contribution in [0.5, 0.6) is 0 Å². The Hall–Kier alpha value is -4.40. The van der Waals surface area contributed by atoms with Gasteiger partial charge in [-0.15, -0.1) is 0 Å². The molecule has 8 nitrogen and oxygen atoms in total. The zero-order valence-corrected chi connectivity index (χ0v) is 19.1. The van der Waals surface area contributed by atoms with Crippen LogP contribution >= 0.6 is 0 Å². The summed E-state index contributed by atoms with van der Waals surface area (Å²) in [6.45, 7) is 0. The van der Waals surface area contributed by atoms with Crippen molar-refractivity contribution >= 4 is 56.5 Å². The number of hydrogen-bond acceptors (Lipinski definition) is 6. The maximum absolute atomic E-state index is 13.2. The SMILES string of the molecule is O=C1C[C@@H](N(O)[C@@H]2CC(=O)N(c3ccc4ccccc4c3)C2=O)C(=O)N1c1ccc2ccccc2c1. The molecule has 0 spiro atoms. The molecule has 8 heteroatoms. The summed E-state index contributed by atoms with van der Waals surface area (Å²) >= 11 is 0. The summed E-state index contributed by atoms with van der Waals surface area (Å²) in [5.41, 5.74) is 0.789. The molecule has 1 N–H and O–H groups in total. The van der Waals surface area contributed by atoms with Crippen molar-refractivity contribution in [3.8, 4) is 0 Å². The predicted octanol–water partition coefficient (Wildman–Crippen LogP) is 3.65. The van der Waals surface area contributed by atoms with Gasteiger partial charge in [0.05, 0.1) is 24.2 Å². The third-order valence-electron chi connectivity index (χ3n) is 6.87. The van der Waals surface area contributed by atoms with Gasteiger partial charge < -0.3 is 5.21 Å². The van der Waals surface area contributed by atoms with Gasteiger partial charge in [0.15, 0.2) is 0 Å². The minimum Gasteiger partial charge on any atom is -0.312 e. The number of fused-ring (bicyclic) bond motifs is 2. The molecule has 178 valence electrons. The molecule has 6 rings (SSSR count). The molecular weight excluding hydrogens is 458 g/mol. The lowest BCUT2D eigenvalue weighted by molar-refractivity contribution is -0.172. The fourth-order valence-corrected chi connectivity index (χ4v) is 5.04. The normalized spacial score (nSPS) is 20.5. The Morgan fingerprint density at radius 3 is 1.39 bits per heavy atom. The van der Waals surface area contributed by atoms with Crippen LogP contribution in [0.3, 0.4) is 0 Å². The summed E-state index contributed by atoms with van der Waals surface area (Å²) in [5, 5.41) is 15.2. The van der Waals surface area contributed by atoms with Crippen LogP contribution in [0.1, 0.15) is 12.8 Å². The molecular formula is C28H21N3O5. The molecule has 0 aliphatic carbocycles. The van der Waals surface area contributed by atoms with Crippen LogP contribution in [0.2, 0.25) is 0 Å². The van der Waals surface area contributed by atoms with Crippen LogP contribution in [0.4, 0.5) is 11.4 Å². The zero-order valence-electron chi connectivity index (χ0n) is 19.1. The molecule has 4 aromatic rings. The second-order valence-corrected chi connectivity index (χ2v) is 9.02. The number of imide groups is 2. The van der Waals surface area contributed by atoms with Crippen molar-refractivity contribution in [2.24, 2.45) is 0 Å². The first-order valence-electron chi connectivity index (χ1n) is 11.6. The monoisotopic (exact) mass is 479 g/mol. The summed E-state index contributed by atoms with van der Waals surface area (Å²) in [4.78, 5) is 54.1. The van der Waals surface area contributed by atoms with Crippen molar-refractivity contribution in [1.29, 1.82) is 0 Å². The van der Waals surface area contributed by atoms with E-state index in [-0.39, 0.29) is 12.8 Å². The summed E-state index contributed by atoms with van der Waals surface area (Å²) < 4.78 is 0. The van der Waals surface area contributed by atoms with Crippen molar-refractivity contribution in [2.75, 3.05) is 9.80 Å². The van der Waals surface area contributed by atoms with E-state index in [0.717, 1.165) is 31.3 Å². The van der Waals surface area contributed by atoms with E-state index < -0.39 is 35.7 Å². The van der Waals surface area contributed by atoms with Gasteiger partial charge in [-0.05, 0) is 45.8 Å². The molecule has 2 saturated heterocycles. The second-order valence-electron chi connectivity index (χ2n) is 9.02. The number of rotatable bonds is 4. The Morgan fingerprint density at radius 1 is 0.583 bits per heavy atom. The second kappa shape index (κ2) is 8.37. The number of nitrogens with zero attached hydrogens (tertiary/aromatic N) is 3. The Labute approximate surface area is 205 Å². The van der Waals surface area contributed by atoms with E-state index in [4.69, 9.17) is 0 Å². The predicted molar refractivity (Wildman–Crippen MR) is 133 cm³/mol. The van der Waals surface area contributed by atoms with Crippen LogP contribution < -0.4 is 9.80 Å². The lowest BCUT2D eigenvalue weighted by atomic mass is 10.1. The molecule has 0 unspecified atom stereocenters. The number of carbonyl (C=O) groups excluding carboxylic acids is 4. The van der Waals surface area contributed by atoms with Gasteiger partial charge in [-0.25, -0.2) is 9.80 Å². The summed E-state index contributed by atoms with van der Waals surface area (Å²) in [5.74, 6) is -2.24. The molecule has 0 saturated carbocycles. The van der Waals surface area contributed by atoms with Gasteiger partial charge in [-0.2, -0.15) is 5.06 Å². The smallest absolute Gasteiger partial charge is 0.254 e. The van der Waals surface area contributed by atoms with Crippen LogP contribution in [0.25, 0.3) is 21.5 Å². The third-order valence-corrected chi connectivity index (χ3v) is 6.87. The Kier molecular flexibility index (Phi) is 5.13. The lowest BCUT2D eigenvalue weighted by Gasteiger charge is -2.25. The highest BCUT2D eigenvalue weighted by Gasteiger charge is 2.50. The fourth-order valence-electron chi connectivity index (χ4n) is 5.04. The van der Waals surface area contributed by atoms with Crippen LogP contribution in [-0.2, 0) is 19.2 Å². The van der Waals surface area contributed by atoms with Crippen molar-refractivity contribution in [3.05, 3.63) is 84.9 Å². The fraction of sp³-hybridized carbons (Fsp3) is 0.143. The molecule has 4 amide bonds. The van der Waals surface area contributed by atoms with Crippen LogP contribution in [-0.4, -0.2) is 46.0 Å². The first-order chi connectivity index (χ1) is 17.4. The summed E-state index contributed by atoms with van der Waals surface area (Å²) in [6, 6.07) is 23.1. The largest absolute Gasteiger partial charge is 0.312 e. The average Bonchev–Trinajstić information content (AvgIpc) is 3.36. The molecule has 4 aromatic carbocycles. The number of amides is 4. The minimum absolute atomic E-state index is 0.296. The molecule has 0 radical (unpaired) electrons. The molecule has 0 bridgehead atoms. The molecule has 36 heavy (non-hydrogen) atoms. The summed E-state index contributed by atoms with van der Waals surface area (Å²) in [7, 11) is 0. The Morgan fingerprint density at radius 2 is 0.972 bits per heavy atom. The quantitative estimate of drug-likeness (QED) is 0.355. The highest BCUT2D eigenvalue weighted by atomic mass is 16.5. The highest BCUT2D eigenvalue weighted by molar-refractivity contribution is 6.25. The zero-order chi connectivity index (χ0) is 25.0. The van der Waals surface area contributed by atoms with E-state index in [1.165, 1.54) is 0 Å². The van der Waals surface area contributed by atoms with Gasteiger partial charge in [0.1, 0.15) is 12.1 Å². The van der Waals surface area contributed by atoms with Crippen molar-refractivity contribution in [2.45, 2.75) is 24.9 Å². The lowest BCUT2D eigenvalue weighted by Crippen LogP contribution is -2.49.